The minimum absolute atomic E-state index is 0. The van der Waals surface area contributed by atoms with E-state index in [1.54, 1.807) is 7.11 Å². The van der Waals surface area contributed by atoms with E-state index >= 15 is 0 Å². The number of ether oxygens (including phenoxy) is 1. The maximum absolute atomic E-state index is 12.3. The van der Waals surface area contributed by atoms with Crippen molar-refractivity contribution in [1.29, 1.82) is 0 Å². The topological polar surface area (TPSA) is 50.4 Å². The van der Waals surface area contributed by atoms with Crippen molar-refractivity contribution >= 4 is 18.3 Å². The van der Waals surface area contributed by atoms with E-state index in [1.165, 1.54) is 25.7 Å². The molecule has 1 saturated heterocycles. The molecular formula is C16H31ClN2O2. The smallest absolute Gasteiger partial charge is 0.223 e. The zero-order valence-corrected chi connectivity index (χ0v) is 14.3. The van der Waals surface area contributed by atoms with Crippen LogP contribution in [0.2, 0.25) is 0 Å². The number of piperidine rings is 1. The molecule has 5 heteroatoms. The van der Waals surface area contributed by atoms with Crippen molar-refractivity contribution in [2.75, 3.05) is 26.8 Å². The molecule has 0 unspecified atom stereocenters. The molecule has 2 aliphatic rings. The summed E-state index contributed by atoms with van der Waals surface area (Å²) in [5, 5.41) is 6.65. The van der Waals surface area contributed by atoms with Crippen LogP contribution in [0.25, 0.3) is 0 Å². The van der Waals surface area contributed by atoms with Crippen LogP contribution >= 0.6 is 12.4 Å². The molecule has 2 rings (SSSR count). The SMILES string of the molecule is COCCC1(CNC(=O)[C@H]2CCN[C@@H](C)C2)CCCC1.Cl. The number of methoxy groups -OCH3 is 1. The Hall–Kier alpha value is -0.320. The first kappa shape index (κ1) is 18.7. The molecule has 1 heterocycles. The summed E-state index contributed by atoms with van der Waals surface area (Å²) < 4.78 is 5.25. The molecule has 1 aliphatic heterocycles. The molecule has 0 aromatic rings. The normalized spacial score (nSPS) is 27.9. The third kappa shape index (κ3) is 5.42. The second-order valence-corrected chi connectivity index (χ2v) is 6.74. The highest BCUT2D eigenvalue weighted by atomic mass is 35.5. The van der Waals surface area contributed by atoms with Crippen molar-refractivity contribution in [3.63, 3.8) is 0 Å². The van der Waals surface area contributed by atoms with Gasteiger partial charge in [0.15, 0.2) is 0 Å². The number of hydrogen-bond donors (Lipinski definition) is 2. The number of carbonyl (C=O) groups excluding carboxylic acids is 1. The van der Waals surface area contributed by atoms with Gasteiger partial charge >= 0.3 is 0 Å². The van der Waals surface area contributed by atoms with Gasteiger partial charge in [0.05, 0.1) is 0 Å². The van der Waals surface area contributed by atoms with Crippen molar-refractivity contribution in [3.05, 3.63) is 0 Å². The van der Waals surface area contributed by atoms with Gasteiger partial charge in [-0.15, -0.1) is 12.4 Å². The third-order valence-corrected chi connectivity index (χ3v) is 5.13. The van der Waals surface area contributed by atoms with Crippen LogP contribution in [0, 0.1) is 11.3 Å². The van der Waals surface area contributed by atoms with Crippen LogP contribution in [-0.4, -0.2) is 38.8 Å². The molecule has 4 nitrogen and oxygen atoms in total. The Morgan fingerprint density at radius 2 is 2.10 bits per heavy atom. The highest BCUT2D eigenvalue weighted by Gasteiger charge is 2.34. The van der Waals surface area contributed by atoms with Gasteiger partial charge in [0.1, 0.15) is 0 Å². The first-order valence-corrected chi connectivity index (χ1v) is 8.15. The van der Waals surface area contributed by atoms with E-state index in [0.29, 0.717) is 11.5 Å². The highest BCUT2D eigenvalue weighted by Crippen LogP contribution is 2.40. The van der Waals surface area contributed by atoms with E-state index in [-0.39, 0.29) is 24.2 Å². The van der Waals surface area contributed by atoms with Crippen LogP contribution < -0.4 is 10.6 Å². The van der Waals surface area contributed by atoms with Crippen LogP contribution in [0.4, 0.5) is 0 Å². The average Bonchev–Trinajstić information content (AvgIpc) is 2.92. The lowest BCUT2D eigenvalue weighted by Gasteiger charge is -2.31. The third-order valence-electron chi connectivity index (χ3n) is 5.13. The number of halogens is 1. The number of carbonyl (C=O) groups is 1. The predicted molar refractivity (Wildman–Crippen MR) is 87.8 cm³/mol. The van der Waals surface area contributed by atoms with Gasteiger partial charge in [-0.1, -0.05) is 12.8 Å². The van der Waals surface area contributed by atoms with Crippen molar-refractivity contribution in [3.8, 4) is 0 Å². The lowest BCUT2D eigenvalue weighted by molar-refractivity contribution is -0.126. The maximum atomic E-state index is 12.3. The summed E-state index contributed by atoms with van der Waals surface area (Å²) in [7, 11) is 1.76. The fourth-order valence-electron chi connectivity index (χ4n) is 3.75. The summed E-state index contributed by atoms with van der Waals surface area (Å²) in [6.45, 7) is 4.78. The number of nitrogens with one attached hydrogen (secondary N) is 2. The van der Waals surface area contributed by atoms with Gasteiger partial charge in [-0.2, -0.15) is 0 Å². The van der Waals surface area contributed by atoms with E-state index < -0.39 is 0 Å². The molecule has 0 aromatic carbocycles. The standard InChI is InChI=1S/C16H30N2O2.ClH/c1-13-11-14(5-9-17-13)15(19)18-12-16(8-10-20-2)6-3-4-7-16;/h13-14,17H,3-12H2,1-2H3,(H,18,19);1H/t13-,14-;/m0./s1. The minimum Gasteiger partial charge on any atom is -0.385 e. The molecule has 0 bridgehead atoms. The fourth-order valence-corrected chi connectivity index (χ4v) is 3.75. The van der Waals surface area contributed by atoms with E-state index in [4.69, 9.17) is 4.74 Å². The van der Waals surface area contributed by atoms with Crippen LogP contribution in [0.1, 0.15) is 51.9 Å². The first-order chi connectivity index (χ1) is 9.65. The second-order valence-electron chi connectivity index (χ2n) is 6.74. The largest absolute Gasteiger partial charge is 0.385 e. The van der Waals surface area contributed by atoms with Gasteiger partial charge in [0.25, 0.3) is 0 Å². The Balaban J connectivity index is 0.00000220. The molecule has 2 N–H and O–H groups in total. The van der Waals surface area contributed by atoms with E-state index in [9.17, 15) is 4.79 Å². The van der Waals surface area contributed by atoms with Gasteiger partial charge < -0.3 is 15.4 Å². The molecule has 124 valence electrons. The lowest BCUT2D eigenvalue weighted by atomic mass is 9.82. The first-order valence-electron chi connectivity index (χ1n) is 8.15. The molecule has 1 saturated carbocycles. The zero-order valence-electron chi connectivity index (χ0n) is 13.5. The number of amides is 1. The molecule has 2 fully saturated rings. The Morgan fingerprint density at radius 3 is 2.71 bits per heavy atom. The van der Waals surface area contributed by atoms with Crippen LogP contribution in [0.3, 0.4) is 0 Å². The predicted octanol–water partition coefficient (Wildman–Crippen LogP) is 2.51. The van der Waals surface area contributed by atoms with Crippen molar-refractivity contribution in [1.82, 2.24) is 10.6 Å². The monoisotopic (exact) mass is 318 g/mol. The molecule has 1 amide bonds. The maximum Gasteiger partial charge on any atom is 0.223 e. The van der Waals surface area contributed by atoms with Crippen molar-refractivity contribution < 1.29 is 9.53 Å². The Labute approximate surface area is 135 Å². The van der Waals surface area contributed by atoms with E-state index in [1.807, 2.05) is 0 Å². The van der Waals surface area contributed by atoms with Gasteiger partial charge in [0.2, 0.25) is 5.91 Å². The second kappa shape index (κ2) is 8.96. The van der Waals surface area contributed by atoms with Crippen LogP contribution in [0.5, 0.6) is 0 Å². The van der Waals surface area contributed by atoms with Crippen molar-refractivity contribution in [2.24, 2.45) is 11.3 Å². The van der Waals surface area contributed by atoms with Crippen LogP contribution in [-0.2, 0) is 9.53 Å². The van der Waals surface area contributed by atoms with E-state index in [2.05, 4.69) is 17.6 Å². The molecular weight excluding hydrogens is 288 g/mol. The summed E-state index contributed by atoms with van der Waals surface area (Å²) in [6, 6.07) is 0.466. The fraction of sp³-hybridized carbons (Fsp3) is 0.938. The Kier molecular flexibility index (Phi) is 7.99. The Bertz CT molecular complexity index is 319. The molecule has 1 aliphatic carbocycles. The summed E-state index contributed by atoms with van der Waals surface area (Å²) in [5.74, 6) is 0.467. The number of hydrogen-bond acceptors (Lipinski definition) is 3. The van der Waals surface area contributed by atoms with Gasteiger partial charge in [-0.3, -0.25) is 4.79 Å². The summed E-state index contributed by atoms with van der Waals surface area (Å²) in [5.41, 5.74) is 0.296. The van der Waals surface area contributed by atoms with E-state index in [0.717, 1.165) is 39.0 Å². The molecule has 21 heavy (non-hydrogen) atoms. The van der Waals surface area contributed by atoms with Crippen molar-refractivity contribution in [2.45, 2.75) is 57.9 Å². The summed E-state index contributed by atoms with van der Waals surface area (Å²) >= 11 is 0. The quantitative estimate of drug-likeness (QED) is 0.791. The highest BCUT2D eigenvalue weighted by molar-refractivity contribution is 5.85. The minimum atomic E-state index is 0. The Morgan fingerprint density at radius 1 is 1.38 bits per heavy atom. The molecule has 0 radical (unpaired) electrons. The summed E-state index contributed by atoms with van der Waals surface area (Å²) in [4.78, 5) is 12.3. The zero-order chi connectivity index (χ0) is 14.4. The molecule has 2 atom stereocenters. The summed E-state index contributed by atoms with van der Waals surface area (Å²) in [6.07, 6.45) is 8.08. The van der Waals surface area contributed by atoms with Gasteiger partial charge in [-0.05, 0) is 51.0 Å². The van der Waals surface area contributed by atoms with Gasteiger partial charge in [0, 0.05) is 32.2 Å². The molecule has 0 aromatic heterocycles. The average molecular weight is 319 g/mol. The van der Waals surface area contributed by atoms with Gasteiger partial charge in [-0.25, -0.2) is 0 Å². The molecule has 0 spiro atoms. The lowest BCUT2D eigenvalue weighted by Crippen LogP contribution is -2.45. The number of rotatable bonds is 6. The van der Waals surface area contributed by atoms with Crippen LogP contribution in [0.15, 0.2) is 0 Å².